The van der Waals surface area contributed by atoms with Crippen molar-refractivity contribution in [2.24, 2.45) is 0 Å². The minimum Gasteiger partial charge on any atom is -0.486 e. The van der Waals surface area contributed by atoms with Crippen molar-refractivity contribution in [1.82, 2.24) is 4.90 Å². The SMILES string of the molecule is CN(CC(=O)N1c2ccccc2NC(=O)C[C@H]1C(F)(F)F)Cc1ccc2c(c1)OCCO2. The Labute approximate surface area is 182 Å². The van der Waals surface area contributed by atoms with Gasteiger partial charge in [-0.1, -0.05) is 18.2 Å². The second-order valence-electron chi connectivity index (χ2n) is 7.74. The average Bonchev–Trinajstić information content (AvgIpc) is 2.89. The summed E-state index contributed by atoms with van der Waals surface area (Å²) in [5, 5.41) is 2.46. The first-order valence-electron chi connectivity index (χ1n) is 10.1. The van der Waals surface area contributed by atoms with Gasteiger partial charge in [0.15, 0.2) is 11.5 Å². The zero-order valence-corrected chi connectivity index (χ0v) is 17.3. The van der Waals surface area contributed by atoms with Crippen LogP contribution in [0.1, 0.15) is 12.0 Å². The number of para-hydroxylation sites is 2. The molecule has 0 unspecified atom stereocenters. The van der Waals surface area contributed by atoms with E-state index in [0.29, 0.717) is 36.2 Å². The van der Waals surface area contributed by atoms with E-state index in [9.17, 15) is 22.8 Å². The fourth-order valence-electron chi connectivity index (χ4n) is 3.86. The van der Waals surface area contributed by atoms with E-state index in [4.69, 9.17) is 9.47 Å². The molecule has 2 aliphatic rings. The van der Waals surface area contributed by atoms with Crippen molar-refractivity contribution in [3.63, 3.8) is 0 Å². The number of anilines is 2. The van der Waals surface area contributed by atoms with Gasteiger partial charge in [0, 0.05) is 6.54 Å². The Bertz CT molecular complexity index is 1030. The molecule has 4 rings (SSSR count). The Kier molecular flexibility index (Phi) is 5.96. The topological polar surface area (TPSA) is 71.1 Å². The zero-order valence-electron chi connectivity index (χ0n) is 17.3. The molecule has 0 spiro atoms. The standard InChI is InChI=1S/C22H22F3N3O4/c1-27(12-14-6-7-17-18(10-14)32-9-8-31-17)13-21(30)28-16-5-3-2-4-15(16)26-20(29)11-19(28)22(23,24)25/h2-7,10,19H,8-9,11-13H2,1H3,(H,26,29)/t19-/m0/s1. The molecule has 0 aromatic heterocycles. The Morgan fingerprint density at radius 1 is 1.16 bits per heavy atom. The van der Waals surface area contributed by atoms with Gasteiger partial charge >= 0.3 is 6.18 Å². The number of halogens is 3. The van der Waals surface area contributed by atoms with Crippen molar-refractivity contribution < 1.29 is 32.2 Å². The number of amides is 2. The highest BCUT2D eigenvalue weighted by molar-refractivity contribution is 6.05. The van der Waals surface area contributed by atoms with Crippen LogP contribution in [0.25, 0.3) is 0 Å². The van der Waals surface area contributed by atoms with Gasteiger partial charge in [0.25, 0.3) is 0 Å². The maximum Gasteiger partial charge on any atom is 0.409 e. The number of hydrogen-bond donors (Lipinski definition) is 1. The molecule has 2 heterocycles. The first-order chi connectivity index (χ1) is 15.2. The molecule has 10 heteroatoms. The van der Waals surface area contributed by atoms with E-state index < -0.39 is 30.5 Å². The number of nitrogens with zero attached hydrogens (tertiary/aromatic N) is 2. The number of hydrogen-bond acceptors (Lipinski definition) is 5. The Morgan fingerprint density at radius 3 is 2.62 bits per heavy atom. The summed E-state index contributed by atoms with van der Waals surface area (Å²) in [5.41, 5.74) is 1.02. The smallest absolute Gasteiger partial charge is 0.409 e. The first-order valence-corrected chi connectivity index (χ1v) is 10.1. The monoisotopic (exact) mass is 449 g/mol. The molecule has 0 bridgehead atoms. The summed E-state index contributed by atoms with van der Waals surface area (Å²) >= 11 is 0. The molecule has 0 aliphatic carbocycles. The molecule has 2 amide bonds. The van der Waals surface area contributed by atoms with Crippen LogP contribution in [0.15, 0.2) is 42.5 Å². The molecule has 1 atom stereocenters. The van der Waals surface area contributed by atoms with Crippen LogP contribution in [0, 0.1) is 0 Å². The van der Waals surface area contributed by atoms with Gasteiger partial charge in [-0.2, -0.15) is 13.2 Å². The van der Waals surface area contributed by atoms with E-state index in [1.54, 1.807) is 30.1 Å². The summed E-state index contributed by atoms with van der Waals surface area (Å²) in [6, 6.07) is 9.12. The molecule has 1 N–H and O–H groups in total. The van der Waals surface area contributed by atoms with Crippen LogP contribution in [0.4, 0.5) is 24.5 Å². The first kappa shape index (κ1) is 21.9. The molecule has 0 saturated carbocycles. The maximum atomic E-state index is 13.8. The third kappa shape index (κ3) is 4.64. The molecule has 0 radical (unpaired) electrons. The fourth-order valence-corrected chi connectivity index (χ4v) is 3.86. The number of rotatable bonds is 4. The van der Waals surface area contributed by atoms with Crippen LogP contribution < -0.4 is 19.7 Å². The molecule has 2 aliphatic heterocycles. The van der Waals surface area contributed by atoms with E-state index >= 15 is 0 Å². The van der Waals surface area contributed by atoms with Crippen molar-refractivity contribution >= 4 is 23.2 Å². The van der Waals surface area contributed by atoms with Gasteiger partial charge in [-0.15, -0.1) is 0 Å². The van der Waals surface area contributed by atoms with Gasteiger partial charge < -0.3 is 14.8 Å². The van der Waals surface area contributed by atoms with Crippen LogP contribution in [-0.2, 0) is 16.1 Å². The van der Waals surface area contributed by atoms with E-state index in [1.807, 2.05) is 6.07 Å². The molecule has 0 saturated heterocycles. The van der Waals surface area contributed by atoms with Gasteiger partial charge in [-0.05, 0) is 36.9 Å². The summed E-state index contributed by atoms with van der Waals surface area (Å²) in [6.07, 6.45) is -5.63. The van der Waals surface area contributed by atoms with Gasteiger partial charge in [-0.25, -0.2) is 0 Å². The summed E-state index contributed by atoms with van der Waals surface area (Å²) in [6.45, 7) is 0.940. The van der Waals surface area contributed by atoms with Gasteiger partial charge in [0.05, 0.1) is 24.3 Å². The van der Waals surface area contributed by atoms with Crippen molar-refractivity contribution in [3.8, 4) is 11.5 Å². The summed E-state index contributed by atoms with van der Waals surface area (Å²) < 4.78 is 52.5. The molecule has 2 aromatic rings. The van der Waals surface area contributed by atoms with Gasteiger partial charge in [0.2, 0.25) is 11.8 Å². The van der Waals surface area contributed by atoms with Crippen LogP contribution in [-0.4, -0.2) is 55.7 Å². The van der Waals surface area contributed by atoms with Gasteiger partial charge in [-0.3, -0.25) is 19.4 Å². The number of carbonyl (C=O) groups is 2. The van der Waals surface area contributed by atoms with E-state index in [2.05, 4.69) is 5.32 Å². The van der Waals surface area contributed by atoms with Crippen molar-refractivity contribution in [2.75, 3.05) is 37.0 Å². The third-order valence-electron chi connectivity index (χ3n) is 5.24. The van der Waals surface area contributed by atoms with Crippen molar-refractivity contribution in [2.45, 2.75) is 25.2 Å². The lowest BCUT2D eigenvalue weighted by Crippen LogP contribution is -2.52. The number of carbonyl (C=O) groups excluding carboxylic acids is 2. The number of ether oxygens (including phenoxy) is 2. The quantitative estimate of drug-likeness (QED) is 0.777. The Morgan fingerprint density at radius 2 is 1.88 bits per heavy atom. The van der Waals surface area contributed by atoms with Crippen LogP contribution in [0.5, 0.6) is 11.5 Å². The molecule has 7 nitrogen and oxygen atoms in total. The highest BCUT2D eigenvalue weighted by Gasteiger charge is 2.49. The lowest BCUT2D eigenvalue weighted by molar-refractivity contribution is -0.158. The molecule has 0 fully saturated rings. The summed E-state index contributed by atoms with van der Waals surface area (Å²) in [4.78, 5) is 27.5. The summed E-state index contributed by atoms with van der Waals surface area (Å²) in [7, 11) is 1.64. The third-order valence-corrected chi connectivity index (χ3v) is 5.24. The van der Waals surface area contributed by atoms with Crippen LogP contribution in [0.2, 0.25) is 0 Å². The average molecular weight is 449 g/mol. The predicted octanol–water partition coefficient (Wildman–Crippen LogP) is 3.20. The second kappa shape index (κ2) is 8.70. The summed E-state index contributed by atoms with van der Waals surface area (Å²) in [5.74, 6) is -0.322. The zero-order chi connectivity index (χ0) is 22.9. The van der Waals surface area contributed by atoms with Gasteiger partial charge in [0.1, 0.15) is 19.3 Å². The normalized spacial score (nSPS) is 18.1. The fraction of sp³-hybridized carbons (Fsp3) is 0.364. The number of nitrogens with one attached hydrogen (secondary N) is 1. The maximum absolute atomic E-state index is 13.8. The Balaban J connectivity index is 1.55. The Hall–Kier alpha value is -3.27. The van der Waals surface area contributed by atoms with E-state index in [0.717, 1.165) is 5.56 Å². The lowest BCUT2D eigenvalue weighted by atomic mass is 10.1. The van der Waals surface area contributed by atoms with Crippen molar-refractivity contribution in [1.29, 1.82) is 0 Å². The molecule has 170 valence electrons. The number of fused-ring (bicyclic) bond motifs is 2. The van der Waals surface area contributed by atoms with Crippen LogP contribution >= 0.6 is 0 Å². The molecular weight excluding hydrogens is 427 g/mol. The minimum absolute atomic E-state index is 0.0263. The minimum atomic E-state index is -4.77. The van der Waals surface area contributed by atoms with Crippen molar-refractivity contribution in [3.05, 3.63) is 48.0 Å². The molecule has 2 aromatic carbocycles. The lowest BCUT2D eigenvalue weighted by Gasteiger charge is -2.33. The number of alkyl halides is 3. The number of likely N-dealkylation sites (N-methyl/N-ethyl adjacent to an activating group) is 1. The molecule has 32 heavy (non-hydrogen) atoms. The second-order valence-corrected chi connectivity index (χ2v) is 7.74. The molecular formula is C22H22F3N3O4. The predicted molar refractivity (Wildman–Crippen MR) is 111 cm³/mol. The largest absolute Gasteiger partial charge is 0.486 e. The van der Waals surface area contributed by atoms with E-state index in [-0.39, 0.29) is 17.9 Å². The number of benzene rings is 2. The van der Waals surface area contributed by atoms with Crippen LogP contribution in [0.3, 0.4) is 0 Å². The van der Waals surface area contributed by atoms with E-state index in [1.165, 1.54) is 18.2 Å². The highest BCUT2D eigenvalue weighted by atomic mass is 19.4. The highest BCUT2D eigenvalue weighted by Crippen LogP contribution is 2.38.